The first-order valence-electron chi connectivity index (χ1n) is 10.9. The van der Waals surface area contributed by atoms with Gasteiger partial charge in [-0.15, -0.1) is 5.54 Å². The summed E-state index contributed by atoms with van der Waals surface area (Å²) in [6.45, 7) is 14.3. The molecule has 0 saturated heterocycles. The molecule has 1 radical (unpaired) electrons. The minimum Gasteiger partial charge on any atom is -1.00 e. The Morgan fingerprint density at radius 2 is 1.54 bits per heavy atom. The van der Waals surface area contributed by atoms with Gasteiger partial charge in [-0.05, 0) is 57.8 Å². The molecule has 28 heavy (non-hydrogen) atoms. The molecular weight excluding hydrogens is 437 g/mol. The van der Waals surface area contributed by atoms with Gasteiger partial charge in [0, 0.05) is 8.80 Å². The van der Waals surface area contributed by atoms with E-state index in [1.54, 1.807) is 12.8 Å². The molecule has 5 rings (SSSR count). The van der Waals surface area contributed by atoms with Crippen LogP contribution in [-0.4, -0.2) is 19.9 Å². The second-order valence-corrected chi connectivity index (χ2v) is 14.0. The van der Waals surface area contributed by atoms with Crippen LogP contribution < -0.4 is 24.8 Å². The maximum atomic E-state index is 5.88. The molecule has 0 aromatic heterocycles. The van der Waals surface area contributed by atoms with Gasteiger partial charge >= 0.3 is 21.7 Å². The first-order chi connectivity index (χ1) is 11.8. The van der Waals surface area contributed by atoms with Crippen molar-refractivity contribution >= 4 is 8.80 Å². The third-order valence-electron chi connectivity index (χ3n) is 8.77. The fourth-order valence-corrected chi connectivity index (χ4v) is 11.6. The smallest absolute Gasteiger partial charge is 1.00 e. The Morgan fingerprint density at radius 1 is 1.00 bits per heavy atom. The second-order valence-electron chi connectivity index (χ2n) is 10.2. The Morgan fingerprint density at radius 3 is 1.96 bits per heavy atom. The van der Waals surface area contributed by atoms with E-state index in [4.69, 9.17) is 5.32 Å². The summed E-state index contributed by atoms with van der Waals surface area (Å²) in [6.07, 6.45) is 9.93. The van der Waals surface area contributed by atoms with Gasteiger partial charge in [-0.2, -0.15) is 0 Å². The number of hydrogen-bond acceptors (Lipinski definition) is 0. The summed E-state index contributed by atoms with van der Waals surface area (Å²) in [6, 6.07) is 2.95. The molecule has 4 atom stereocenters. The van der Waals surface area contributed by atoms with Crippen LogP contribution in [0.3, 0.4) is 0 Å². The predicted molar refractivity (Wildman–Crippen MR) is 112 cm³/mol. The Balaban J connectivity index is 0.00000131. The number of allylic oxidation sites excluding steroid dienone is 2. The van der Waals surface area contributed by atoms with Crippen molar-refractivity contribution in [1.29, 1.82) is 0 Å². The SMILES string of the molecule is CC[SiH](CC)C1C2CC3CC(C2)CC1([N-]C1(C)C=C(C)C(C)=C1C)C3.[Cl-].[Cl-].[Ti+3]. The minimum absolute atomic E-state index is 0. The summed E-state index contributed by atoms with van der Waals surface area (Å²) in [5.74, 6) is 3.00. The quantitative estimate of drug-likeness (QED) is 0.519. The van der Waals surface area contributed by atoms with E-state index < -0.39 is 8.80 Å². The van der Waals surface area contributed by atoms with Gasteiger partial charge in [-0.3, -0.25) is 0 Å². The fraction of sp³-hybridized carbons (Fsp3) is 0.826. The Labute approximate surface area is 202 Å². The molecule has 1 nitrogen and oxygen atoms in total. The molecule has 157 valence electrons. The summed E-state index contributed by atoms with van der Waals surface area (Å²) in [4.78, 5) is 0. The average molecular weight is 475 g/mol. The molecule has 5 aliphatic rings. The normalized spacial score (nSPS) is 40.8. The van der Waals surface area contributed by atoms with Crippen molar-refractivity contribution < 1.29 is 46.5 Å². The molecule has 0 aromatic rings. The Bertz CT molecular complexity index is 616. The van der Waals surface area contributed by atoms with Gasteiger partial charge in [-0.25, -0.2) is 0 Å². The third kappa shape index (κ3) is 4.17. The molecule has 0 amide bonds. The number of halogens is 2. The van der Waals surface area contributed by atoms with Crippen LogP contribution in [0.5, 0.6) is 0 Å². The largest absolute Gasteiger partial charge is 3.00 e. The average Bonchev–Trinajstić information content (AvgIpc) is 2.73. The zero-order valence-electron chi connectivity index (χ0n) is 18.6. The molecule has 4 fully saturated rings. The van der Waals surface area contributed by atoms with Crippen molar-refractivity contribution in [3.63, 3.8) is 0 Å². The van der Waals surface area contributed by atoms with Crippen molar-refractivity contribution in [2.45, 2.75) is 102 Å². The Kier molecular flexibility index (Phi) is 9.27. The van der Waals surface area contributed by atoms with Crippen molar-refractivity contribution in [2.24, 2.45) is 17.8 Å². The van der Waals surface area contributed by atoms with Crippen LogP contribution in [-0.2, 0) is 21.7 Å². The molecule has 0 N–H and O–H groups in total. The molecule has 0 aliphatic heterocycles. The van der Waals surface area contributed by atoms with Crippen molar-refractivity contribution in [2.75, 3.05) is 0 Å². The molecule has 4 bridgehead atoms. The molecule has 4 unspecified atom stereocenters. The van der Waals surface area contributed by atoms with E-state index in [2.05, 4.69) is 47.6 Å². The van der Waals surface area contributed by atoms with Crippen LogP contribution >= 0.6 is 0 Å². The third-order valence-corrected chi connectivity index (χ3v) is 13.1. The summed E-state index contributed by atoms with van der Waals surface area (Å²) in [7, 11) is -0.703. The maximum Gasteiger partial charge on any atom is 3.00 e. The second kappa shape index (κ2) is 9.62. The molecule has 5 aliphatic carbocycles. The van der Waals surface area contributed by atoms with E-state index in [0.29, 0.717) is 5.54 Å². The predicted octanol–water partition coefficient (Wildman–Crippen LogP) is 0.636. The van der Waals surface area contributed by atoms with Crippen LogP contribution in [0.4, 0.5) is 0 Å². The molecular formula is C23H38Cl2NSiTi. The molecule has 5 heteroatoms. The van der Waals surface area contributed by atoms with E-state index in [0.717, 1.165) is 23.3 Å². The molecule has 4 saturated carbocycles. The van der Waals surface area contributed by atoms with Crippen LogP contribution in [0.25, 0.3) is 5.32 Å². The van der Waals surface area contributed by atoms with E-state index in [-0.39, 0.29) is 52.1 Å². The number of nitrogens with zero attached hydrogens (tertiary/aromatic N) is 1. The van der Waals surface area contributed by atoms with Crippen molar-refractivity contribution in [1.82, 2.24) is 0 Å². The van der Waals surface area contributed by atoms with Gasteiger partial charge < -0.3 is 30.1 Å². The van der Waals surface area contributed by atoms with Gasteiger partial charge in [0.15, 0.2) is 0 Å². The van der Waals surface area contributed by atoms with E-state index in [1.165, 1.54) is 48.1 Å². The fourth-order valence-electron chi connectivity index (χ4n) is 7.72. The molecule has 0 aromatic carbocycles. The number of hydrogen-bond donors (Lipinski definition) is 0. The summed E-state index contributed by atoms with van der Waals surface area (Å²) >= 11 is 0. The Hall–Kier alpha value is 0.951. The molecule has 0 heterocycles. The number of rotatable bonds is 5. The topological polar surface area (TPSA) is 14.1 Å². The minimum atomic E-state index is -0.703. The zero-order chi connectivity index (χ0) is 18.0. The first kappa shape index (κ1) is 27.0. The van der Waals surface area contributed by atoms with Crippen LogP contribution in [0.1, 0.15) is 73.6 Å². The summed E-state index contributed by atoms with van der Waals surface area (Å²) in [5.41, 5.74) is 5.76. The zero-order valence-corrected chi connectivity index (χ0v) is 22.8. The first-order valence-corrected chi connectivity index (χ1v) is 13.2. The van der Waals surface area contributed by atoms with Gasteiger partial charge in [0.1, 0.15) is 0 Å². The van der Waals surface area contributed by atoms with E-state index in [9.17, 15) is 0 Å². The van der Waals surface area contributed by atoms with Gasteiger partial charge in [0.25, 0.3) is 0 Å². The van der Waals surface area contributed by atoms with E-state index in [1.807, 2.05) is 0 Å². The standard InChI is InChI=1S/C23H38NSi.2ClH.Ti/c1-7-25(8-2)21-20-10-18-9-19(11-20)14-23(21,13-18)24-22(6)12-15(3)16(4)17(22)5;;;/h12,18-21,25H,7-11,13-14H2,1-6H3;2*1H;/q-1;;;+3/p-2. The summed E-state index contributed by atoms with van der Waals surface area (Å²) < 4.78 is 0. The van der Waals surface area contributed by atoms with Crippen LogP contribution in [0.2, 0.25) is 17.6 Å². The van der Waals surface area contributed by atoms with Crippen LogP contribution in [0, 0.1) is 17.8 Å². The van der Waals surface area contributed by atoms with Crippen LogP contribution in [0.15, 0.2) is 22.8 Å². The van der Waals surface area contributed by atoms with Gasteiger partial charge in [0.2, 0.25) is 0 Å². The van der Waals surface area contributed by atoms with Gasteiger partial charge in [0.05, 0.1) is 0 Å². The van der Waals surface area contributed by atoms with Crippen molar-refractivity contribution in [3.05, 3.63) is 28.1 Å². The van der Waals surface area contributed by atoms with E-state index >= 15 is 0 Å². The van der Waals surface area contributed by atoms with Gasteiger partial charge in [-0.1, -0.05) is 79.6 Å². The molecule has 0 spiro atoms. The monoisotopic (exact) mass is 474 g/mol. The maximum absolute atomic E-state index is 5.88. The van der Waals surface area contributed by atoms with Crippen molar-refractivity contribution in [3.8, 4) is 0 Å². The summed E-state index contributed by atoms with van der Waals surface area (Å²) in [5, 5.41) is 5.88.